The number of rotatable bonds is 4. The maximum Gasteiger partial charge on any atom is 0.238 e. The van der Waals surface area contributed by atoms with Crippen molar-refractivity contribution < 1.29 is 39.0 Å². The first-order valence-corrected chi connectivity index (χ1v) is 11.3. The van der Waals surface area contributed by atoms with Gasteiger partial charge in [-0.2, -0.15) is 0 Å². The summed E-state index contributed by atoms with van der Waals surface area (Å²) < 4.78 is 0. The van der Waals surface area contributed by atoms with Gasteiger partial charge in [-0.3, -0.25) is 28.8 Å². The first kappa shape index (κ1) is 24.7. The van der Waals surface area contributed by atoms with E-state index >= 15 is 0 Å². The minimum atomic E-state index is -2.70. The Morgan fingerprint density at radius 2 is 1.83 bits per heavy atom. The highest BCUT2D eigenvalue weighted by Gasteiger charge is 2.66. The number of aromatic hydroxyl groups is 1. The Bertz CT molecular complexity index is 1190. The molecule has 35 heavy (non-hydrogen) atoms. The van der Waals surface area contributed by atoms with Crippen molar-refractivity contribution in [3.63, 3.8) is 0 Å². The van der Waals surface area contributed by atoms with Crippen molar-refractivity contribution in [2.24, 2.45) is 29.4 Å². The topological polar surface area (TPSA) is 184 Å². The van der Waals surface area contributed by atoms with Gasteiger partial charge in [-0.15, -0.1) is 0 Å². The van der Waals surface area contributed by atoms with E-state index in [1.807, 2.05) is 0 Å². The Hall–Kier alpha value is -3.44. The standard InChI is InChI=1S/C24H27N3O8/c1-9-11-4-5-13(26-15(29)8-27(2)3)19(30)16(11)20(31)17-12(9)6-10-7-14(28)18(23(25)34)22(33)24(10,35)21(17)32/h4-5,9-10,12,17-18,30,35H,6-8H2,1-3H3,(H2,25,34)(H,26,29)/t9-,10-,12+,17?,18?,24-/m0/s1. The summed E-state index contributed by atoms with van der Waals surface area (Å²) in [7, 11) is 3.38. The van der Waals surface area contributed by atoms with Crippen molar-refractivity contribution in [3.05, 3.63) is 23.3 Å². The van der Waals surface area contributed by atoms with Crippen LogP contribution in [0.4, 0.5) is 5.69 Å². The number of carbonyl (C=O) groups excluding carboxylic acids is 6. The van der Waals surface area contributed by atoms with Gasteiger partial charge in [-0.25, -0.2) is 0 Å². The zero-order valence-electron chi connectivity index (χ0n) is 19.5. The van der Waals surface area contributed by atoms with E-state index in [-0.39, 0.29) is 30.6 Å². The van der Waals surface area contributed by atoms with Gasteiger partial charge in [-0.1, -0.05) is 13.0 Å². The molecule has 0 aliphatic heterocycles. The number of hydrogen-bond acceptors (Lipinski definition) is 9. The summed E-state index contributed by atoms with van der Waals surface area (Å²) in [5.74, 6) is -11.7. The number of primary amides is 1. The molecule has 0 aromatic heterocycles. The number of ketones is 4. The molecule has 4 rings (SSSR count). The second-order valence-electron chi connectivity index (χ2n) is 9.94. The smallest absolute Gasteiger partial charge is 0.238 e. The number of anilines is 1. The van der Waals surface area contributed by atoms with Gasteiger partial charge < -0.3 is 26.2 Å². The van der Waals surface area contributed by atoms with Gasteiger partial charge in [0.2, 0.25) is 11.8 Å². The highest BCUT2D eigenvalue weighted by molar-refractivity contribution is 6.31. The van der Waals surface area contributed by atoms with E-state index in [0.717, 1.165) is 0 Å². The molecule has 3 aliphatic rings. The quantitative estimate of drug-likeness (QED) is 0.319. The number of amides is 2. The predicted octanol–water partition coefficient (Wildman–Crippen LogP) is -0.612. The second-order valence-corrected chi connectivity index (χ2v) is 9.94. The molecule has 0 saturated heterocycles. The number of nitrogens with one attached hydrogen (secondary N) is 1. The fraction of sp³-hybridized carbons (Fsp3) is 0.500. The van der Waals surface area contributed by atoms with E-state index in [1.54, 1.807) is 32.0 Å². The van der Waals surface area contributed by atoms with E-state index in [4.69, 9.17) is 5.73 Å². The minimum absolute atomic E-state index is 0.0115. The van der Waals surface area contributed by atoms with Gasteiger partial charge in [0.15, 0.2) is 34.7 Å². The third kappa shape index (κ3) is 3.57. The number of benzene rings is 1. The molecule has 11 nitrogen and oxygen atoms in total. The number of aliphatic hydroxyl groups is 1. The van der Waals surface area contributed by atoms with Gasteiger partial charge in [-0.05, 0) is 44.0 Å². The number of phenolic OH excluding ortho intramolecular Hbond substituents is 1. The van der Waals surface area contributed by atoms with Crippen LogP contribution in [0.2, 0.25) is 0 Å². The van der Waals surface area contributed by atoms with Crippen LogP contribution in [-0.2, 0) is 24.0 Å². The highest BCUT2D eigenvalue weighted by atomic mass is 16.3. The fourth-order valence-electron chi connectivity index (χ4n) is 5.85. The Labute approximate surface area is 200 Å². The molecule has 0 spiro atoms. The van der Waals surface area contributed by atoms with Gasteiger partial charge in [0.05, 0.1) is 23.7 Å². The maximum absolute atomic E-state index is 13.6. The van der Waals surface area contributed by atoms with Crippen molar-refractivity contribution in [1.29, 1.82) is 0 Å². The molecule has 2 fully saturated rings. The summed E-state index contributed by atoms with van der Waals surface area (Å²) in [6.07, 6.45) is -0.370. The highest BCUT2D eigenvalue weighted by Crippen LogP contribution is 2.54. The number of nitrogens with two attached hydrogens (primary N) is 1. The van der Waals surface area contributed by atoms with Crippen molar-refractivity contribution in [1.82, 2.24) is 4.90 Å². The molecule has 1 aromatic rings. The lowest BCUT2D eigenvalue weighted by atomic mass is 9.52. The molecular formula is C24H27N3O8. The van der Waals surface area contributed by atoms with Gasteiger partial charge in [0, 0.05) is 12.3 Å². The number of nitrogens with zero attached hydrogens (tertiary/aromatic N) is 1. The van der Waals surface area contributed by atoms with Crippen LogP contribution in [0.3, 0.4) is 0 Å². The number of fused-ring (bicyclic) bond motifs is 3. The van der Waals surface area contributed by atoms with Crippen LogP contribution in [0.5, 0.6) is 5.75 Å². The van der Waals surface area contributed by atoms with Crippen LogP contribution >= 0.6 is 0 Å². The lowest BCUT2D eigenvalue weighted by Crippen LogP contribution is -2.68. The Morgan fingerprint density at radius 1 is 1.17 bits per heavy atom. The summed E-state index contributed by atoms with van der Waals surface area (Å²) in [4.78, 5) is 78.0. The molecule has 3 aliphatic carbocycles. The van der Waals surface area contributed by atoms with E-state index in [0.29, 0.717) is 5.56 Å². The zero-order chi connectivity index (χ0) is 26.0. The lowest BCUT2D eigenvalue weighted by molar-refractivity contribution is -0.176. The van der Waals surface area contributed by atoms with E-state index in [2.05, 4.69) is 5.32 Å². The van der Waals surface area contributed by atoms with Crippen molar-refractivity contribution in [2.45, 2.75) is 31.3 Å². The summed E-state index contributed by atoms with van der Waals surface area (Å²) in [6.45, 7) is 1.78. The average molecular weight is 485 g/mol. The van der Waals surface area contributed by atoms with Gasteiger partial charge >= 0.3 is 0 Å². The molecule has 2 amide bonds. The molecule has 6 atom stereocenters. The first-order valence-electron chi connectivity index (χ1n) is 11.3. The third-order valence-electron chi connectivity index (χ3n) is 7.53. The molecular weight excluding hydrogens is 458 g/mol. The molecule has 2 saturated carbocycles. The van der Waals surface area contributed by atoms with Crippen LogP contribution in [0, 0.1) is 23.7 Å². The van der Waals surface area contributed by atoms with E-state index < -0.39 is 75.9 Å². The van der Waals surface area contributed by atoms with E-state index in [1.165, 1.54) is 6.07 Å². The predicted molar refractivity (Wildman–Crippen MR) is 120 cm³/mol. The Morgan fingerprint density at radius 3 is 2.43 bits per heavy atom. The summed E-state index contributed by atoms with van der Waals surface area (Å²) in [6, 6.07) is 3.06. The van der Waals surface area contributed by atoms with Crippen LogP contribution in [0.15, 0.2) is 12.1 Å². The molecule has 0 heterocycles. The molecule has 5 N–H and O–H groups in total. The zero-order valence-corrected chi connectivity index (χ0v) is 19.5. The molecule has 11 heteroatoms. The Balaban J connectivity index is 1.76. The minimum Gasteiger partial charge on any atom is -0.505 e. The SMILES string of the molecule is C[C@H]1c2ccc(NC(=O)CN(C)C)c(O)c2C(=O)C2C(=O)[C@]3(O)C(=O)C(C(N)=O)C(=O)C[C@@H]3C[C@@H]21. The summed E-state index contributed by atoms with van der Waals surface area (Å²) >= 11 is 0. The summed E-state index contributed by atoms with van der Waals surface area (Å²) in [5, 5.41) is 24.7. The molecule has 186 valence electrons. The molecule has 0 bridgehead atoms. The average Bonchev–Trinajstić information content (AvgIpc) is 2.74. The van der Waals surface area contributed by atoms with Crippen LogP contribution in [0.25, 0.3) is 0 Å². The van der Waals surface area contributed by atoms with Crippen LogP contribution in [0.1, 0.15) is 41.6 Å². The number of likely N-dealkylation sites (N-methyl/N-ethyl adjacent to an activating group) is 1. The fourth-order valence-corrected chi connectivity index (χ4v) is 5.85. The van der Waals surface area contributed by atoms with Crippen molar-refractivity contribution >= 4 is 40.6 Å². The van der Waals surface area contributed by atoms with Crippen molar-refractivity contribution in [3.8, 4) is 5.75 Å². The molecule has 1 aromatic carbocycles. The number of carbonyl (C=O) groups is 6. The van der Waals surface area contributed by atoms with Crippen LogP contribution in [-0.4, -0.2) is 76.3 Å². The Kier molecular flexibility index (Phi) is 5.89. The monoisotopic (exact) mass is 485 g/mol. The van der Waals surface area contributed by atoms with E-state index in [9.17, 15) is 39.0 Å². The molecule has 0 radical (unpaired) electrons. The largest absolute Gasteiger partial charge is 0.505 e. The normalized spacial score (nSPS) is 32.1. The third-order valence-corrected chi connectivity index (χ3v) is 7.53. The second kappa shape index (κ2) is 8.35. The number of hydrogen-bond donors (Lipinski definition) is 4. The number of Topliss-reactive ketones (excluding diaryl/α,β-unsaturated/α-hetero) is 4. The van der Waals surface area contributed by atoms with Gasteiger partial charge in [0.1, 0.15) is 5.75 Å². The van der Waals surface area contributed by atoms with Crippen molar-refractivity contribution in [2.75, 3.05) is 26.0 Å². The first-order chi connectivity index (χ1) is 16.3. The summed E-state index contributed by atoms with van der Waals surface area (Å²) in [5.41, 5.74) is 2.77. The van der Waals surface area contributed by atoms with Gasteiger partial charge in [0.25, 0.3) is 0 Å². The van der Waals surface area contributed by atoms with Crippen LogP contribution < -0.4 is 11.1 Å². The molecule has 2 unspecified atom stereocenters. The maximum atomic E-state index is 13.6. The number of phenols is 1. The lowest BCUT2D eigenvalue weighted by Gasteiger charge is -2.50.